The molecule has 2 N–H and O–H groups in total. The van der Waals surface area contributed by atoms with Gasteiger partial charge in [-0.25, -0.2) is 14.3 Å². The van der Waals surface area contributed by atoms with E-state index in [4.69, 9.17) is 5.11 Å². The van der Waals surface area contributed by atoms with Crippen LogP contribution in [0, 0.1) is 6.92 Å². The standard InChI is InChI=1S/C18H15N3O4/c1-11-2-6-13(7-3-11)15-16(22)19-18(25)21(20-15)10-12-4-8-14(9-5-12)17(23)24/h2-9H,10H2,1H3,(H,23,24)(H,19,22,25). The van der Waals surface area contributed by atoms with Crippen molar-refractivity contribution in [3.63, 3.8) is 0 Å². The summed E-state index contributed by atoms with van der Waals surface area (Å²) in [5, 5.41) is 13.1. The van der Waals surface area contributed by atoms with E-state index >= 15 is 0 Å². The number of aromatic amines is 1. The number of hydrogen-bond acceptors (Lipinski definition) is 4. The second-order valence-corrected chi connectivity index (χ2v) is 5.63. The van der Waals surface area contributed by atoms with Crippen LogP contribution < -0.4 is 11.2 Å². The molecule has 1 heterocycles. The quantitative estimate of drug-likeness (QED) is 0.753. The predicted octanol–water partition coefficient (Wildman–Crippen LogP) is 1.65. The van der Waals surface area contributed by atoms with Crippen molar-refractivity contribution in [2.24, 2.45) is 0 Å². The third kappa shape index (κ3) is 3.55. The maximum absolute atomic E-state index is 12.1. The van der Waals surface area contributed by atoms with E-state index < -0.39 is 17.2 Å². The smallest absolute Gasteiger partial charge is 0.345 e. The van der Waals surface area contributed by atoms with Gasteiger partial charge in [-0.15, -0.1) is 0 Å². The monoisotopic (exact) mass is 337 g/mol. The van der Waals surface area contributed by atoms with Crippen molar-refractivity contribution in [1.29, 1.82) is 0 Å². The Morgan fingerprint density at radius 3 is 2.32 bits per heavy atom. The molecular formula is C18H15N3O4. The van der Waals surface area contributed by atoms with Gasteiger partial charge in [-0.05, 0) is 24.6 Å². The first-order valence-corrected chi connectivity index (χ1v) is 7.55. The molecule has 0 fully saturated rings. The van der Waals surface area contributed by atoms with Crippen molar-refractivity contribution < 1.29 is 9.90 Å². The normalized spacial score (nSPS) is 10.6. The number of carboxylic acids is 1. The molecule has 0 saturated carbocycles. The van der Waals surface area contributed by atoms with Gasteiger partial charge in [0.2, 0.25) is 0 Å². The molecule has 1 aromatic heterocycles. The van der Waals surface area contributed by atoms with Gasteiger partial charge >= 0.3 is 11.7 Å². The summed E-state index contributed by atoms with van der Waals surface area (Å²) in [5.41, 5.74) is 1.50. The van der Waals surface area contributed by atoms with Crippen molar-refractivity contribution in [3.05, 3.63) is 86.1 Å². The van der Waals surface area contributed by atoms with Crippen molar-refractivity contribution in [3.8, 4) is 11.3 Å². The fraction of sp³-hybridized carbons (Fsp3) is 0.111. The minimum absolute atomic E-state index is 0.119. The maximum Gasteiger partial charge on any atom is 0.345 e. The van der Waals surface area contributed by atoms with E-state index in [1.165, 1.54) is 12.1 Å². The van der Waals surface area contributed by atoms with Crippen LogP contribution in [0.3, 0.4) is 0 Å². The maximum atomic E-state index is 12.1. The number of nitrogens with zero attached hydrogens (tertiary/aromatic N) is 2. The number of aromatic nitrogens is 3. The van der Waals surface area contributed by atoms with Crippen LogP contribution in [0.15, 0.2) is 58.1 Å². The summed E-state index contributed by atoms with van der Waals surface area (Å²) < 4.78 is 1.15. The van der Waals surface area contributed by atoms with E-state index in [1.54, 1.807) is 24.3 Å². The van der Waals surface area contributed by atoms with Crippen LogP contribution in [0.4, 0.5) is 0 Å². The summed E-state index contributed by atoms with van der Waals surface area (Å²) in [7, 11) is 0. The first kappa shape index (κ1) is 16.4. The van der Waals surface area contributed by atoms with E-state index in [1.807, 2.05) is 19.1 Å². The molecule has 0 amide bonds. The molecular weight excluding hydrogens is 322 g/mol. The Kier molecular flexibility index (Phi) is 4.30. The Morgan fingerprint density at radius 2 is 1.72 bits per heavy atom. The minimum atomic E-state index is -1.02. The molecule has 25 heavy (non-hydrogen) atoms. The highest BCUT2D eigenvalue weighted by molar-refractivity contribution is 5.87. The molecule has 126 valence electrons. The molecule has 0 aliphatic carbocycles. The van der Waals surface area contributed by atoms with Crippen molar-refractivity contribution >= 4 is 5.97 Å². The topological polar surface area (TPSA) is 105 Å². The molecule has 0 unspecified atom stereocenters. The molecule has 0 saturated heterocycles. The molecule has 7 nitrogen and oxygen atoms in total. The number of rotatable bonds is 4. The molecule has 0 aliphatic rings. The summed E-state index contributed by atoms with van der Waals surface area (Å²) in [5.74, 6) is -1.02. The van der Waals surface area contributed by atoms with Gasteiger partial charge in [0.1, 0.15) is 0 Å². The lowest BCUT2D eigenvalue weighted by Gasteiger charge is -2.07. The lowest BCUT2D eigenvalue weighted by atomic mass is 10.1. The second kappa shape index (κ2) is 6.56. The van der Waals surface area contributed by atoms with E-state index in [0.29, 0.717) is 11.1 Å². The molecule has 0 atom stereocenters. The molecule has 3 rings (SSSR count). The number of aryl methyl sites for hydroxylation is 1. The molecule has 0 radical (unpaired) electrons. The van der Waals surface area contributed by atoms with Crippen molar-refractivity contribution in [2.75, 3.05) is 0 Å². The third-order valence-electron chi connectivity index (χ3n) is 3.75. The van der Waals surface area contributed by atoms with Gasteiger partial charge in [0, 0.05) is 5.56 Å². The Balaban J connectivity index is 1.98. The number of nitrogens with one attached hydrogen (secondary N) is 1. The van der Waals surface area contributed by atoms with Crippen LogP contribution in [0.2, 0.25) is 0 Å². The first-order chi connectivity index (χ1) is 11.9. The number of benzene rings is 2. The third-order valence-corrected chi connectivity index (χ3v) is 3.75. The van der Waals surface area contributed by atoms with Crippen LogP contribution in [0.1, 0.15) is 21.5 Å². The van der Waals surface area contributed by atoms with Crippen LogP contribution in [0.5, 0.6) is 0 Å². The van der Waals surface area contributed by atoms with Gasteiger partial charge in [0.25, 0.3) is 5.56 Å². The van der Waals surface area contributed by atoms with Gasteiger partial charge in [0.05, 0.1) is 12.1 Å². The van der Waals surface area contributed by atoms with E-state index in [-0.39, 0.29) is 17.8 Å². The second-order valence-electron chi connectivity index (χ2n) is 5.63. The summed E-state index contributed by atoms with van der Waals surface area (Å²) in [4.78, 5) is 37.2. The van der Waals surface area contributed by atoms with Crippen LogP contribution in [0.25, 0.3) is 11.3 Å². The van der Waals surface area contributed by atoms with Gasteiger partial charge in [-0.1, -0.05) is 42.0 Å². The van der Waals surface area contributed by atoms with Gasteiger partial charge in [0.15, 0.2) is 5.69 Å². The van der Waals surface area contributed by atoms with Crippen LogP contribution >= 0.6 is 0 Å². The van der Waals surface area contributed by atoms with E-state index in [0.717, 1.165) is 10.2 Å². The Bertz CT molecular complexity index is 1030. The van der Waals surface area contributed by atoms with E-state index in [9.17, 15) is 14.4 Å². The first-order valence-electron chi connectivity index (χ1n) is 7.55. The average Bonchev–Trinajstić information content (AvgIpc) is 2.59. The lowest BCUT2D eigenvalue weighted by Crippen LogP contribution is -2.33. The fourth-order valence-corrected chi connectivity index (χ4v) is 2.37. The van der Waals surface area contributed by atoms with E-state index in [2.05, 4.69) is 10.1 Å². The molecule has 2 aromatic carbocycles. The zero-order valence-corrected chi connectivity index (χ0v) is 13.4. The molecule has 0 aliphatic heterocycles. The largest absolute Gasteiger partial charge is 0.478 e. The highest BCUT2D eigenvalue weighted by Gasteiger charge is 2.10. The SMILES string of the molecule is Cc1ccc(-c2nn(Cc3ccc(C(=O)O)cc3)c(=O)[nH]c2=O)cc1. The highest BCUT2D eigenvalue weighted by Crippen LogP contribution is 2.13. The number of H-pyrrole nitrogens is 1. The Morgan fingerprint density at radius 1 is 1.08 bits per heavy atom. The number of aromatic carboxylic acids is 1. The van der Waals surface area contributed by atoms with Gasteiger partial charge in [-0.2, -0.15) is 5.10 Å². The molecule has 0 bridgehead atoms. The van der Waals surface area contributed by atoms with Gasteiger partial charge < -0.3 is 5.11 Å². The van der Waals surface area contributed by atoms with Crippen LogP contribution in [-0.4, -0.2) is 25.8 Å². The summed E-state index contributed by atoms with van der Waals surface area (Å²) in [6.07, 6.45) is 0. The minimum Gasteiger partial charge on any atom is -0.478 e. The Labute approximate surface area is 142 Å². The lowest BCUT2D eigenvalue weighted by molar-refractivity contribution is 0.0697. The average molecular weight is 337 g/mol. The fourth-order valence-electron chi connectivity index (χ4n) is 2.37. The number of hydrogen-bond donors (Lipinski definition) is 2. The molecule has 7 heteroatoms. The number of carbonyl (C=O) groups is 1. The van der Waals surface area contributed by atoms with Gasteiger partial charge in [-0.3, -0.25) is 9.78 Å². The van der Waals surface area contributed by atoms with Crippen molar-refractivity contribution in [1.82, 2.24) is 14.8 Å². The highest BCUT2D eigenvalue weighted by atomic mass is 16.4. The summed E-state index contributed by atoms with van der Waals surface area (Å²) in [6, 6.07) is 13.4. The number of carboxylic acid groups (broad SMARTS) is 1. The van der Waals surface area contributed by atoms with Crippen molar-refractivity contribution in [2.45, 2.75) is 13.5 Å². The zero-order valence-electron chi connectivity index (χ0n) is 13.4. The van der Waals surface area contributed by atoms with Crippen LogP contribution in [-0.2, 0) is 6.54 Å². The molecule has 3 aromatic rings. The summed E-state index contributed by atoms with van der Waals surface area (Å²) in [6.45, 7) is 2.05. The predicted molar refractivity (Wildman–Crippen MR) is 91.8 cm³/mol. The Hall–Kier alpha value is -3.48. The molecule has 0 spiro atoms. The zero-order chi connectivity index (χ0) is 18.0. The summed E-state index contributed by atoms with van der Waals surface area (Å²) >= 11 is 0.